The maximum Gasteiger partial charge on any atom is 0.200 e. The van der Waals surface area contributed by atoms with Crippen LogP contribution in [0.1, 0.15) is 31.8 Å². The molecule has 0 atom stereocenters. The van der Waals surface area contributed by atoms with Crippen molar-refractivity contribution in [2.24, 2.45) is 0 Å². The molecule has 5 heteroatoms. The molecule has 4 nitrogen and oxygen atoms in total. The number of carbonyl (C=O) groups is 2. The van der Waals surface area contributed by atoms with Crippen molar-refractivity contribution in [2.75, 3.05) is 0 Å². The number of rotatable bonds is 0. The molecular formula is C20H11NO3S. The second kappa shape index (κ2) is 5.05. The lowest BCUT2D eigenvalue weighted by atomic mass is 9.82. The van der Waals surface area contributed by atoms with Gasteiger partial charge in [-0.1, -0.05) is 53.9 Å². The summed E-state index contributed by atoms with van der Waals surface area (Å²) in [5, 5.41) is 14.5. The molecule has 2 aliphatic rings. The lowest BCUT2D eigenvalue weighted by Crippen LogP contribution is -2.73. The van der Waals surface area contributed by atoms with Crippen molar-refractivity contribution < 1.29 is 20.0 Å². The summed E-state index contributed by atoms with van der Waals surface area (Å²) in [6.45, 7) is 0. The second-order valence-electron chi connectivity index (χ2n) is 6.02. The van der Waals surface area contributed by atoms with Crippen LogP contribution >= 0.6 is 11.8 Å². The van der Waals surface area contributed by atoms with Crippen molar-refractivity contribution in [3.05, 3.63) is 76.9 Å². The van der Waals surface area contributed by atoms with Gasteiger partial charge in [-0.2, -0.15) is 0 Å². The Morgan fingerprint density at radius 1 is 0.800 bits per heavy atom. The zero-order valence-corrected chi connectivity index (χ0v) is 13.7. The number of ketones is 2. The molecule has 25 heavy (non-hydrogen) atoms. The zero-order chi connectivity index (χ0) is 17.1. The van der Waals surface area contributed by atoms with Gasteiger partial charge < -0.3 is 5.11 Å². The summed E-state index contributed by atoms with van der Waals surface area (Å²) < 4.78 is 0. The minimum absolute atomic E-state index is 0.00122. The van der Waals surface area contributed by atoms with E-state index in [9.17, 15) is 14.7 Å². The molecule has 0 amide bonds. The predicted molar refractivity (Wildman–Crippen MR) is 91.0 cm³/mol. The van der Waals surface area contributed by atoms with Crippen LogP contribution in [0.4, 0.5) is 11.4 Å². The molecule has 1 aliphatic heterocycles. The van der Waals surface area contributed by atoms with Crippen LogP contribution < -0.4 is 10.4 Å². The maximum atomic E-state index is 13.1. The van der Waals surface area contributed by atoms with Gasteiger partial charge in [-0.15, -0.1) is 0 Å². The van der Waals surface area contributed by atoms with Crippen molar-refractivity contribution >= 4 is 34.7 Å². The van der Waals surface area contributed by atoms with Crippen LogP contribution in [0.15, 0.2) is 64.4 Å². The summed E-state index contributed by atoms with van der Waals surface area (Å²) >= 11 is 1.46. The minimum Gasteiger partial charge on any atom is -0.872 e. The van der Waals surface area contributed by atoms with Gasteiger partial charge in [0, 0.05) is 22.8 Å². The fourth-order valence-electron chi connectivity index (χ4n) is 3.45. The Bertz CT molecular complexity index is 1100. The number of hydrogen-bond acceptors (Lipinski definition) is 4. The van der Waals surface area contributed by atoms with Gasteiger partial charge in [-0.05, 0) is 12.1 Å². The molecule has 0 saturated carbocycles. The SMILES string of the molecule is O=C1c2ccccc2C(=O)c2c3c(cc([O-])c21)Sc1ccccc1[NH2+]3. The standard InChI is InChI=1S/C20H11NO3S/c22-13-9-15-18(21-12-7-3-4-8-14(12)25-15)17-16(13)19(23)10-5-1-2-6-11(10)20(17)24/h1-9,21-22H. The van der Waals surface area contributed by atoms with Gasteiger partial charge >= 0.3 is 0 Å². The summed E-state index contributed by atoms with van der Waals surface area (Å²) in [6.07, 6.45) is 0. The fourth-order valence-corrected chi connectivity index (χ4v) is 4.52. The van der Waals surface area contributed by atoms with Gasteiger partial charge in [-0.25, -0.2) is 0 Å². The summed E-state index contributed by atoms with van der Waals surface area (Å²) in [6, 6.07) is 16.0. The van der Waals surface area contributed by atoms with Crippen molar-refractivity contribution in [1.82, 2.24) is 0 Å². The molecule has 2 N–H and O–H groups in total. The third kappa shape index (κ3) is 1.94. The normalized spacial score (nSPS) is 14.4. The minimum atomic E-state index is -0.387. The molecular weight excluding hydrogens is 334 g/mol. The molecule has 3 aromatic carbocycles. The highest BCUT2D eigenvalue weighted by atomic mass is 32.2. The molecule has 1 heterocycles. The maximum absolute atomic E-state index is 13.1. The number of fused-ring (bicyclic) bond motifs is 5. The molecule has 0 fully saturated rings. The average molecular weight is 345 g/mol. The Balaban J connectivity index is 1.79. The number of para-hydroxylation sites is 1. The summed E-state index contributed by atoms with van der Waals surface area (Å²) in [5.41, 5.74) is 2.57. The molecule has 1 aliphatic carbocycles. The van der Waals surface area contributed by atoms with E-state index in [1.54, 1.807) is 24.3 Å². The fraction of sp³-hybridized carbons (Fsp3) is 0. The molecule has 0 bridgehead atoms. The van der Waals surface area contributed by atoms with E-state index < -0.39 is 0 Å². The van der Waals surface area contributed by atoms with Crippen molar-refractivity contribution in [3.63, 3.8) is 0 Å². The van der Waals surface area contributed by atoms with Crippen molar-refractivity contribution in [1.29, 1.82) is 0 Å². The van der Waals surface area contributed by atoms with Gasteiger partial charge in [0.25, 0.3) is 0 Å². The Morgan fingerprint density at radius 2 is 1.44 bits per heavy atom. The molecule has 0 radical (unpaired) electrons. The third-order valence-electron chi connectivity index (χ3n) is 4.60. The summed E-state index contributed by atoms with van der Waals surface area (Å²) in [5.74, 6) is -1.01. The van der Waals surface area contributed by atoms with Gasteiger partial charge in [0.2, 0.25) is 5.78 Å². The largest absolute Gasteiger partial charge is 0.872 e. The number of benzene rings is 3. The molecule has 5 rings (SSSR count). The van der Waals surface area contributed by atoms with Crippen LogP contribution in [-0.4, -0.2) is 11.6 Å². The molecule has 120 valence electrons. The van der Waals surface area contributed by atoms with Crippen LogP contribution in [-0.2, 0) is 0 Å². The van der Waals surface area contributed by atoms with E-state index in [0.29, 0.717) is 16.8 Å². The first kappa shape index (κ1) is 14.5. The van der Waals surface area contributed by atoms with Gasteiger partial charge in [0.05, 0.1) is 15.4 Å². The number of carbonyl (C=O) groups excluding carboxylic acids is 2. The van der Waals surface area contributed by atoms with Crippen LogP contribution in [0.2, 0.25) is 0 Å². The van der Waals surface area contributed by atoms with Gasteiger partial charge in [-0.3, -0.25) is 14.9 Å². The van der Waals surface area contributed by atoms with Crippen LogP contribution in [0.25, 0.3) is 0 Å². The lowest BCUT2D eigenvalue weighted by Gasteiger charge is -2.27. The van der Waals surface area contributed by atoms with E-state index in [1.165, 1.54) is 17.8 Å². The first-order valence-electron chi connectivity index (χ1n) is 7.83. The molecule has 3 aromatic rings. The van der Waals surface area contributed by atoms with E-state index in [4.69, 9.17) is 0 Å². The van der Waals surface area contributed by atoms with Gasteiger partial charge in [0.15, 0.2) is 11.5 Å². The first-order chi connectivity index (χ1) is 12.1. The zero-order valence-electron chi connectivity index (χ0n) is 12.9. The Morgan fingerprint density at radius 3 is 2.20 bits per heavy atom. The predicted octanol–water partition coefficient (Wildman–Crippen LogP) is 2.53. The molecule has 0 saturated heterocycles. The Labute approximate surface area is 147 Å². The summed E-state index contributed by atoms with van der Waals surface area (Å²) in [4.78, 5) is 27.7. The van der Waals surface area contributed by atoms with E-state index in [0.717, 1.165) is 15.5 Å². The van der Waals surface area contributed by atoms with Crippen LogP contribution in [0.3, 0.4) is 0 Å². The lowest BCUT2D eigenvalue weighted by molar-refractivity contribution is -0.485. The summed E-state index contributed by atoms with van der Waals surface area (Å²) in [7, 11) is 0. The third-order valence-corrected chi connectivity index (χ3v) is 5.75. The van der Waals surface area contributed by atoms with Crippen molar-refractivity contribution in [2.45, 2.75) is 9.79 Å². The first-order valence-corrected chi connectivity index (χ1v) is 8.65. The molecule has 0 spiro atoms. The van der Waals surface area contributed by atoms with E-state index in [-0.39, 0.29) is 28.4 Å². The quantitative estimate of drug-likeness (QED) is 0.438. The number of hydrogen-bond donors (Lipinski definition) is 1. The van der Waals surface area contributed by atoms with Gasteiger partial charge in [0.1, 0.15) is 5.69 Å². The Kier molecular flexibility index (Phi) is 2.92. The van der Waals surface area contributed by atoms with E-state index >= 15 is 0 Å². The Hall–Kier alpha value is -2.89. The van der Waals surface area contributed by atoms with Crippen molar-refractivity contribution in [3.8, 4) is 5.75 Å². The topological polar surface area (TPSA) is 73.8 Å². The average Bonchev–Trinajstić information content (AvgIpc) is 2.64. The highest BCUT2D eigenvalue weighted by Crippen LogP contribution is 2.45. The highest BCUT2D eigenvalue weighted by Gasteiger charge is 2.36. The van der Waals surface area contributed by atoms with Crippen LogP contribution in [0.5, 0.6) is 5.75 Å². The van der Waals surface area contributed by atoms with Crippen LogP contribution in [0, 0.1) is 0 Å². The smallest absolute Gasteiger partial charge is 0.200 e. The molecule has 0 aromatic heterocycles. The number of nitrogens with two attached hydrogens (primary N) is 1. The number of quaternary nitrogens is 1. The van der Waals surface area contributed by atoms with E-state index in [1.807, 2.05) is 29.6 Å². The highest BCUT2D eigenvalue weighted by molar-refractivity contribution is 7.99. The second-order valence-corrected chi connectivity index (χ2v) is 7.11. The monoisotopic (exact) mass is 345 g/mol. The molecule has 0 unspecified atom stereocenters. The van der Waals surface area contributed by atoms with E-state index in [2.05, 4.69) is 0 Å².